The fraction of sp³-hybridized carbons (Fsp3) is 0.0741. The summed E-state index contributed by atoms with van der Waals surface area (Å²) in [6.07, 6.45) is 0. The van der Waals surface area contributed by atoms with Crippen LogP contribution in [0.1, 0.15) is 5.56 Å². The van der Waals surface area contributed by atoms with E-state index in [9.17, 15) is 0 Å². The van der Waals surface area contributed by atoms with Crippen LogP contribution in [-0.2, 0) is 7.05 Å². The van der Waals surface area contributed by atoms with Crippen molar-refractivity contribution in [2.45, 2.75) is 6.92 Å². The summed E-state index contributed by atoms with van der Waals surface area (Å²) >= 11 is 0. The number of rotatable bonds is 2. The smallest absolute Gasteiger partial charge is 0.295 e. The van der Waals surface area contributed by atoms with Crippen molar-refractivity contribution >= 4 is 33.0 Å². The molecule has 0 saturated carbocycles. The number of fused-ring (bicyclic) bond motifs is 4. The van der Waals surface area contributed by atoms with E-state index < -0.39 is 0 Å². The Morgan fingerprint density at radius 1 is 0.733 bits per heavy atom. The third-order valence-corrected chi connectivity index (χ3v) is 6.02. The molecule has 3 nitrogen and oxygen atoms in total. The molecule has 0 spiro atoms. The van der Waals surface area contributed by atoms with Crippen molar-refractivity contribution in [3.8, 4) is 17.1 Å². The van der Waals surface area contributed by atoms with Crippen LogP contribution >= 0.6 is 0 Å². The second-order valence-electron chi connectivity index (χ2n) is 7.77. The molecule has 0 aliphatic rings. The van der Waals surface area contributed by atoms with E-state index >= 15 is 0 Å². The number of aryl methyl sites for hydroxylation is 2. The summed E-state index contributed by atoms with van der Waals surface area (Å²) in [4.78, 5) is 0. The van der Waals surface area contributed by atoms with Gasteiger partial charge >= 0.3 is 0 Å². The second kappa shape index (κ2) is 6.33. The Morgan fingerprint density at radius 2 is 1.47 bits per heavy atom. The lowest BCUT2D eigenvalue weighted by atomic mass is 10.1. The van der Waals surface area contributed by atoms with Crippen LogP contribution in [0, 0.1) is 6.92 Å². The van der Waals surface area contributed by atoms with Gasteiger partial charge in [0, 0.05) is 10.8 Å². The predicted octanol–water partition coefficient (Wildman–Crippen LogP) is 6.33. The van der Waals surface area contributed by atoms with Crippen molar-refractivity contribution in [1.29, 1.82) is 0 Å². The molecule has 0 radical (unpaired) electrons. The Morgan fingerprint density at radius 3 is 2.37 bits per heavy atom. The van der Waals surface area contributed by atoms with Crippen molar-refractivity contribution in [1.82, 2.24) is 4.57 Å². The molecule has 30 heavy (non-hydrogen) atoms. The van der Waals surface area contributed by atoms with E-state index in [0.29, 0.717) is 0 Å². The zero-order chi connectivity index (χ0) is 20.2. The standard InChI is InChI=1S/C27H21N2O/c1-18-10-3-4-11-19(18)27-28(2)22-14-6-7-15-23(22)29(27)24-16-9-13-21-20-12-5-8-17-25(20)30-26(21)24/h3-17H,1-2H3/q+1. The largest absolute Gasteiger partial charge is 0.452 e. The van der Waals surface area contributed by atoms with E-state index in [1.807, 2.05) is 12.1 Å². The third kappa shape index (κ3) is 2.29. The van der Waals surface area contributed by atoms with Gasteiger partial charge in [0.05, 0.1) is 12.6 Å². The van der Waals surface area contributed by atoms with Crippen LogP contribution in [-0.4, -0.2) is 4.57 Å². The maximum Gasteiger partial charge on any atom is 0.295 e. The number of nitrogens with zero attached hydrogens (tertiary/aromatic N) is 2. The lowest BCUT2D eigenvalue weighted by molar-refractivity contribution is -0.633. The van der Waals surface area contributed by atoms with Gasteiger partial charge in [-0.15, -0.1) is 0 Å². The number of hydrogen-bond donors (Lipinski definition) is 0. The number of aromatic nitrogens is 2. The molecule has 0 aliphatic carbocycles. The fourth-order valence-corrected chi connectivity index (χ4v) is 4.59. The number of hydrogen-bond acceptors (Lipinski definition) is 1. The summed E-state index contributed by atoms with van der Waals surface area (Å²) in [6.45, 7) is 2.17. The summed E-state index contributed by atoms with van der Waals surface area (Å²) in [5.74, 6) is 1.14. The monoisotopic (exact) mass is 389 g/mol. The minimum Gasteiger partial charge on any atom is -0.452 e. The second-order valence-corrected chi connectivity index (χ2v) is 7.77. The summed E-state index contributed by atoms with van der Waals surface area (Å²) in [6, 6.07) is 31.8. The van der Waals surface area contributed by atoms with Gasteiger partial charge in [-0.2, -0.15) is 4.57 Å². The lowest BCUT2D eigenvalue weighted by Crippen LogP contribution is -2.30. The first-order valence-corrected chi connectivity index (χ1v) is 10.2. The van der Waals surface area contributed by atoms with Gasteiger partial charge in [0.1, 0.15) is 5.58 Å². The highest BCUT2D eigenvalue weighted by Crippen LogP contribution is 2.36. The number of furan rings is 1. The topological polar surface area (TPSA) is 21.9 Å². The molecule has 0 fully saturated rings. The van der Waals surface area contributed by atoms with Crippen molar-refractivity contribution < 1.29 is 8.98 Å². The average molecular weight is 389 g/mol. The van der Waals surface area contributed by atoms with E-state index in [1.165, 1.54) is 16.6 Å². The molecule has 0 bridgehead atoms. The quantitative estimate of drug-likeness (QED) is 0.317. The average Bonchev–Trinajstić information content (AvgIpc) is 3.30. The molecule has 0 N–H and O–H groups in total. The van der Waals surface area contributed by atoms with E-state index in [-0.39, 0.29) is 0 Å². The van der Waals surface area contributed by atoms with Gasteiger partial charge in [0.2, 0.25) is 0 Å². The maximum atomic E-state index is 6.39. The highest BCUT2D eigenvalue weighted by atomic mass is 16.3. The molecule has 6 rings (SSSR count). The van der Waals surface area contributed by atoms with Gasteiger partial charge in [0.15, 0.2) is 22.3 Å². The molecular weight excluding hydrogens is 368 g/mol. The van der Waals surface area contributed by atoms with Gasteiger partial charge < -0.3 is 4.42 Å². The number of para-hydroxylation sites is 4. The Labute approximate surface area is 174 Å². The highest BCUT2D eigenvalue weighted by Gasteiger charge is 2.28. The van der Waals surface area contributed by atoms with E-state index in [0.717, 1.165) is 39.0 Å². The summed E-state index contributed by atoms with van der Waals surface area (Å²) in [5.41, 5.74) is 7.68. The normalized spacial score (nSPS) is 11.7. The SMILES string of the molecule is Cc1ccccc1-c1n(-c2cccc3c2oc2ccccc23)c2ccccc2[n+]1C. The first-order valence-electron chi connectivity index (χ1n) is 10.2. The van der Waals surface area contributed by atoms with E-state index in [2.05, 4.69) is 102 Å². The van der Waals surface area contributed by atoms with Gasteiger partial charge in [-0.25, -0.2) is 4.57 Å². The summed E-state index contributed by atoms with van der Waals surface area (Å²) in [7, 11) is 2.14. The molecule has 2 aromatic heterocycles. The van der Waals surface area contributed by atoms with Crippen LogP contribution in [0.15, 0.2) is 95.4 Å². The minimum atomic E-state index is 0.912. The zero-order valence-corrected chi connectivity index (χ0v) is 17.0. The first kappa shape index (κ1) is 17.0. The molecule has 0 saturated heterocycles. The highest BCUT2D eigenvalue weighted by molar-refractivity contribution is 6.07. The zero-order valence-electron chi connectivity index (χ0n) is 17.0. The fourth-order valence-electron chi connectivity index (χ4n) is 4.59. The van der Waals surface area contributed by atoms with Crippen LogP contribution < -0.4 is 4.57 Å². The maximum absolute atomic E-state index is 6.39. The Bertz CT molecular complexity index is 1570. The molecule has 4 aromatic carbocycles. The molecule has 3 heteroatoms. The molecule has 144 valence electrons. The number of benzene rings is 4. The summed E-state index contributed by atoms with van der Waals surface area (Å²) in [5, 5.41) is 2.28. The molecule has 2 heterocycles. The Kier molecular flexibility index (Phi) is 3.59. The molecule has 0 amide bonds. The number of imidazole rings is 1. The van der Waals surface area contributed by atoms with Crippen LogP contribution in [0.3, 0.4) is 0 Å². The van der Waals surface area contributed by atoms with Gasteiger partial charge in [0.25, 0.3) is 5.82 Å². The molecule has 0 aliphatic heterocycles. The van der Waals surface area contributed by atoms with Crippen molar-refractivity contribution in [2.75, 3.05) is 0 Å². The van der Waals surface area contributed by atoms with Gasteiger partial charge in [-0.1, -0.05) is 60.7 Å². The van der Waals surface area contributed by atoms with E-state index in [4.69, 9.17) is 4.42 Å². The Balaban J connectivity index is 1.80. The molecule has 0 unspecified atom stereocenters. The molecular formula is C27H21N2O+. The van der Waals surface area contributed by atoms with Crippen molar-refractivity contribution in [3.63, 3.8) is 0 Å². The molecule has 6 aromatic rings. The van der Waals surface area contributed by atoms with Crippen LogP contribution in [0.25, 0.3) is 50.0 Å². The third-order valence-electron chi connectivity index (χ3n) is 6.02. The Hall–Kier alpha value is -3.85. The van der Waals surface area contributed by atoms with Crippen molar-refractivity contribution in [2.24, 2.45) is 7.05 Å². The molecule has 0 atom stereocenters. The van der Waals surface area contributed by atoms with Gasteiger partial charge in [-0.05, 0) is 42.8 Å². The first-order chi connectivity index (χ1) is 14.7. The minimum absolute atomic E-state index is 0.912. The predicted molar refractivity (Wildman–Crippen MR) is 122 cm³/mol. The van der Waals surface area contributed by atoms with Crippen LogP contribution in [0.2, 0.25) is 0 Å². The van der Waals surface area contributed by atoms with Crippen LogP contribution in [0.4, 0.5) is 0 Å². The summed E-state index contributed by atoms with van der Waals surface area (Å²) < 4.78 is 11.0. The lowest BCUT2D eigenvalue weighted by Gasteiger charge is -2.06. The van der Waals surface area contributed by atoms with Crippen LogP contribution in [0.5, 0.6) is 0 Å². The van der Waals surface area contributed by atoms with Gasteiger partial charge in [-0.3, -0.25) is 0 Å². The van der Waals surface area contributed by atoms with E-state index in [1.54, 1.807) is 0 Å². The van der Waals surface area contributed by atoms with Crippen molar-refractivity contribution in [3.05, 3.63) is 96.6 Å².